The van der Waals surface area contributed by atoms with E-state index in [2.05, 4.69) is 15.4 Å². The fourth-order valence-electron chi connectivity index (χ4n) is 3.49. The molecule has 0 saturated heterocycles. The normalized spacial score (nSPS) is 11.4. The predicted molar refractivity (Wildman–Crippen MR) is 122 cm³/mol. The summed E-state index contributed by atoms with van der Waals surface area (Å²) in [4.78, 5) is 27.9. The Kier molecular flexibility index (Phi) is 6.30. The number of aryl methyl sites for hydroxylation is 1. The van der Waals surface area contributed by atoms with Gasteiger partial charge in [-0.1, -0.05) is 23.7 Å². The molecule has 6 nitrogen and oxygen atoms in total. The summed E-state index contributed by atoms with van der Waals surface area (Å²) in [6.07, 6.45) is -2.90. The summed E-state index contributed by atoms with van der Waals surface area (Å²) in [5.74, 6) is -0.711. The minimum Gasteiger partial charge on any atom is -0.348 e. The molecule has 0 aliphatic heterocycles. The van der Waals surface area contributed by atoms with Crippen LogP contribution in [0.25, 0.3) is 16.9 Å². The van der Waals surface area contributed by atoms with Crippen molar-refractivity contribution in [3.8, 4) is 16.9 Å². The Morgan fingerprint density at radius 1 is 1.12 bits per heavy atom. The molecule has 0 atom stereocenters. The van der Waals surface area contributed by atoms with Gasteiger partial charge in [0.1, 0.15) is 5.56 Å². The molecule has 2 aromatic heterocycles. The van der Waals surface area contributed by atoms with Crippen LogP contribution in [0.2, 0.25) is 5.02 Å². The van der Waals surface area contributed by atoms with E-state index >= 15 is 0 Å². The Morgan fingerprint density at radius 3 is 2.56 bits per heavy atom. The zero-order valence-corrected chi connectivity index (χ0v) is 18.5. The second kappa shape index (κ2) is 9.18. The van der Waals surface area contributed by atoms with Gasteiger partial charge in [-0.2, -0.15) is 18.3 Å². The van der Waals surface area contributed by atoms with E-state index in [9.17, 15) is 22.8 Å². The number of aromatic nitrogens is 3. The average molecular weight is 487 g/mol. The Morgan fingerprint density at radius 2 is 1.85 bits per heavy atom. The number of hydrogen-bond acceptors (Lipinski definition) is 3. The SMILES string of the molecule is Cc1[nH]c(=O)c(C(=O)NCc2cccc(C(F)(F)F)c2)cc1-c1ccnn1-c1ccc(Cl)cc1. The van der Waals surface area contributed by atoms with Crippen molar-refractivity contribution in [1.29, 1.82) is 0 Å². The van der Waals surface area contributed by atoms with Crippen LogP contribution in [0.15, 0.2) is 71.7 Å². The molecule has 174 valence electrons. The number of carbonyl (C=O) groups excluding carboxylic acids is 1. The highest BCUT2D eigenvalue weighted by molar-refractivity contribution is 6.30. The smallest absolute Gasteiger partial charge is 0.348 e. The quantitative estimate of drug-likeness (QED) is 0.410. The summed E-state index contributed by atoms with van der Waals surface area (Å²) in [5.41, 5.74) is 1.11. The average Bonchev–Trinajstić information content (AvgIpc) is 3.27. The lowest BCUT2D eigenvalue weighted by molar-refractivity contribution is -0.137. The van der Waals surface area contributed by atoms with Crippen LogP contribution in [-0.2, 0) is 12.7 Å². The highest BCUT2D eigenvalue weighted by Crippen LogP contribution is 2.29. The predicted octanol–water partition coefficient (Wildman–Crippen LogP) is 5.14. The second-order valence-electron chi connectivity index (χ2n) is 7.54. The number of pyridine rings is 1. The van der Waals surface area contributed by atoms with Crippen molar-refractivity contribution in [3.05, 3.63) is 105 Å². The topological polar surface area (TPSA) is 79.8 Å². The molecule has 2 heterocycles. The van der Waals surface area contributed by atoms with Crippen LogP contribution in [0.5, 0.6) is 0 Å². The lowest BCUT2D eigenvalue weighted by Gasteiger charge is -2.12. The molecule has 0 aliphatic carbocycles. The molecule has 2 N–H and O–H groups in total. The van der Waals surface area contributed by atoms with Crippen molar-refractivity contribution in [1.82, 2.24) is 20.1 Å². The van der Waals surface area contributed by atoms with Gasteiger partial charge in [0.2, 0.25) is 0 Å². The highest BCUT2D eigenvalue weighted by Gasteiger charge is 2.30. The van der Waals surface area contributed by atoms with E-state index in [0.29, 0.717) is 22.0 Å². The molecule has 4 rings (SSSR count). The fraction of sp³-hybridized carbons (Fsp3) is 0.125. The van der Waals surface area contributed by atoms with Gasteiger partial charge in [0.25, 0.3) is 11.5 Å². The number of nitrogens with zero attached hydrogens (tertiary/aromatic N) is 2. The lowest BCUT2D eigenvalue weighted by atomic mass is 10.1. The number of hydrogen-bond donors (Lipinski definition) is 2. The number of H-pyrrole nitrogens is 1. The van der Waals surface area contributed by atoms with Gasteiger partial charge in [-0.25, -0.2) is 4.68 Å². The van der Waals surface area contributed by atoms with Crippen molar-refractivity contribution in [2.24, 2.45) is 0 Å². The molecule has 0 spiro atoms. The van der Waals surface area contributed by atoms with E-state index in [0.717, 1.165) is 17.8 Å². The van der Waals surface area contributed by atoms with Crippen LogP contribution in [0.1, 0.15) is 27.2 Å². The Bertz CT molecular complexity index is 1410. The fourth-order valence-corrected chi connectivity index (χ4v) is 3.61. The summed E-state index contributed by atoms with van der Waals surface area (Å²) in [6, 6.07) is 14.8. The van der Waals surface area contributed by atoms with Gasteiger partial charge >= 0.3 is 6.18 Å². The number of aromatic amines is 1. The van der Waals surface area contributed by atoms with Gasteiger partial charge in [-0.15, -0.1) is 0 Å². The Balaban J connectivity index is 1.62. The van der Waals surface area contributed by atoms with Gasteiger partial charge < -0.3 is 10.3 Å². The maximum absolute atomic E-state index is 12.9. The van der Waals surface area contributed by atoms with Crippen molar-refractivity contribution >= 4 is 17.5 Å². The first-order valence-electron chi connectivity index (χ1n) is 10.1. The minimum absolute atomic E-state index is 0.170. The molecular weight excluding hydrogens is 469 g/mol. The Hall–Kier alpha value is -3.85. The van der Waals surface area contributed by atoms with Crippen LogP contribution in [-0.4, -0.2) is 20.7 Å². The van der Waals surface area contributed by atoms with Crippen molar-refractivity contribution in [2.45, 2.75) is 19.6 Å². The molecule has 0 fully saturated rings. The highest BCUT2D eigenvalue weighted by atomic mass is 35.5. The van der Waals surface area contributed by atoms with Gasteiger partial charge in [0.05, 0.1) is 23.1 Å². The zero-order valence-electron chi connectivity index (χ0n) is 17.8. The van der Waals surface area contributed by atoms with E-state index in [1.807, 2.05) is 0 Å². The first kappa shape index (κ1) is 23.3. The maximum Gasteiger partial charge on any atom is 0.416 e. The molecule has 34 heavy (non-hydrogen) atoms. The van der Waals surface area contributed by atoms with Gasteiger partial charge in [-0.05, 0) is 61.0 Å². The monoisotopic (exact) mass is 486 g/mol. The molecule has 0 saturated carbocycles. The van der Waals surface area contributed by atoms with E-state index < -0.39 is 23.2 Å². The number of amides is 1. The summed E-state index contributed by atoms with van der Waals surface area (Å²) in [5, 5.41) is 7.41. The minimum atomic E-state index is -4.49. The largest absolute Gasteiger partial charge is 0.416 e. The van der Waals surface area contributed by atoms with Gasteiger partial charge in [-0.3, -0.25) is 9.59 Å². The van der Waals surface area contributed by atoms with E-state index in [1.165, 1.54) is 18.2 Å². The van der Waals surface area contributed by atoms with Gasteiger partial charge in [0, 0.05) is 22.8 Å². The van der Waals surface area contributed by atoms with Crippen LogP contribution < -0.4 is 10.9 Å². The number of alkyl halides is 3. The second-order valence-corrected chi connectivity index (χ2v) is 7.97. The Labute approximate surface area is 197 Å². The summed E-state index contributed by atoms with van der Waals surface area (Å²) in [6.45, 7) is 1.52. The third-order valence-electron chi connectivity index (χ3n) is 5.18. The van der Waals surface area contributed by atoms with Crippen molar-refractivity contribution < 1.29 is 18.0 Å². The first-order valence-corrected chi connectivity index (χ1v) is 10.5. The molecule has 0 unspecified atom stereocenters. The molecule has 0 radical (unpaired) electrons. The van der Waals surface area contributed by atoms with Crippen LogP contribution >= 0.6 is 11.6 Å². The van der Waals surface area contributed by atoms with Crippen LogP contribution in [0.3, 0.4) is 0 Å². The molecule has 1 amide bonds. The van der Waals surface area contributed by atoms with Crippen LogP contribution in [0, 0.1) is 6.92 Å². The lowest BCUT2D eigenvalue weighted by Crippen LogP contribution is -2.30. The van der Waals surface area contributed by atoms with E-state index in [-0.39, 0.29) is 17.7 Å². The molecule has 0 aliphatic rings. The summed E-state index contributed by atoms with van der Waals surface area (Å²) < 4.78 is 40.4. The van der Waals surface area contributed by atoms with Crippen molar-refractivity contribution in [3.63, 3.8) is 0 Å². The number of carbonyl (C=O) groups is 1. The van der Waals surface area contributed by atoms with E-state index in [1.54, 1.807) is 48.1 Å². The van der Waals surface area contributed by atoms with Crippen molar-refractivity contribution in [2.75, 3.05) is 0 Å². The van der Waals surface area contributed by atoms with Gasteiger partial charge in [0.15, 0.2) is 0 Å². The molecule has 2 aromatic carbocycles. The number of rotatable bonds is 5. The molecule has 10 heteroatoms. The number of nitrogens with one attached hydrogen (secondary N) is 2. The third kappa shape index (κ3) is 4.89. The van der Waals surface area contributed by atoms with Crippen LogP contribution in [0.4, 0.5) is 13.2 Å². The summed E-state index contributed by atoms with van der Waals surface area (Å²) in [7, 11) is 0. The first-order chi connectivity index (χ1) is 16.1. The molecule has 4 aromatic rings. The zero-order chi connectivity index (χ0) is 24.5. The standard InChI is InChI=1S/C24H18ClF3N4O2/c1-14-19(21-9-10-30-32(21)18-7-5-17(25)6-8-18)12-20(23(34)31-14)22(33)29-13-15-3-2-4-16(11-15)24(26,27)28/h2-12H,13H2,1H3,(H,29,33)(H,31,34). The number of benzene rings is 2. The number of halogens is 4. The third-order valence-corrected chi connectivity index (χ3v) is 5.43. The maximum atomic E-state index is 12.9. The summed E-state index contributed by atoms with van der Waals surface area (Å²) >= 11 is 5.96. The molecular formula is C24H18ClF3N4O2. The van der Waals surface area contributed by atoms with E-state index in [4.69, 9.17) is 11.6 Å². The molecule has 0 bridgehead atoms.